The van der Waals surface area contributed by atoms with Gasteiger partial charge in [-0.3, -0.25) is 4.79 Å². The van der Waals surface area contributed by atoms with Crippen LogP contribution in [-0.4, -0.2) is 12.9 Å². The molecule has 1 aromatic carbocycles. The fourth-order valence-electron chi connectivity index (χ4n) is 1.10. The number of hydrogen-bond acceptors (Lipinski definition) is 2. The molecule has 0 aromatic heterocycles. The number of Topliss-reactive ketones (excluding diaryl/α,β-unsaturated/α-hetero) is 1. The van der Waals surface area contributed by atoms with Crippen molar-refractivity contribution >= 4 is 21.7 Å². The Morgan fingerprint density at radius 2 is 2.23 bits per heavy atom. The van der Waals surface area contributed by atoms with Gasteiger partial charge in [-0.05, 0) is 40.5 Å². The highest BCUT2D eigenvalue weighted by molar-refractivity contribution is 9.10. The highest BCUT2D eigenvalue weighted by Crippen LogP contribution is 2.25. The molecule has 1 aromatic rings. The maximum Gasteiger partial charge on any atom is 0.134 e. The van der Waals surface area contributed by atoms with Crippen LogP contribution in [0.25, 0.3) is 0 Å². The van der Waals surface area contributed by atoms with Gasteiger partial charge in [0.2, 0.25) is 0 Å². The molecule has 0 atom stereocenters. The fraction of sp³-hybridized carbons (Fsp3) is 0.300. The van der Waals surface area contributed by atoms with Crippen LogP contribution in [0, 0.1) is 0 Å². The predicted octanol–water partition coefficient (Wildman–Crippen LogP) is 2.59. The van der Waals surface area contributed by atoms with Gasteiger partial charge in [-0.2, -0.15) is 0 Å². The summed E-state index contributed by atoms with van der Waals surface area (Å²) < 4.78 is 6.01. The molecule has 1 rings (SSSR count). The number of hydrogen-bond donors (Lipinski definition) is 0. The number of carbonyl (C=O) groups excluding carboxylic acids is 1. The lowest BCUT2D eigenvalue weighted by molar-refractivity contribution is -0.116. The van der Waals surface area contributed by atoms with Gasteiger partial charge in [-0.15, -0.1) is 0 Å². The van der Waals surface area contributed by atoms with Gasteiger partial charge < -0.3 is 4.74 Å². The molecule has 0 saturated carbocycles. The van der Waals surface area contributed by atoms with Gasteiger partial charge in [0.15, 0.2) is 0 Å². The minimum absolute atomic E-state index is 0.157. The molecule has 0 N–H and O–H groups in total. The van der Waals surface area contributed by atoms with Crippen molar-refractivity contribution in [1.29, 1.82) is 0 Å². The van der Waals surface area contributed by atoms with E-state index < -0.39 is 0 Å². The van der Waals surface area contributed by atoms with E-state index in [1.807, 2.05) is 18.2 Å². The summed E-state index contributed by atoms with van der Waals surface area (Å²) in [6.45, 7) is 1.58. The van der Waals surface area contributed by atoms with Crippen molar-refractivity contribution < 1.29 is 9.53 Å². The molecule has 0 aliphatic carbocycles. The Balaban J connectivity index is 2.92. The van der Waals surface area contributed by atoms with Gasteiger partial charge in [0.1, 0.15) is 11.5 Å². The summed E-state index contributed by atoms with van der Waals surface area (Å²) in [4.78, 5) is 10.8. The summed E-state index contributed by atoms with van der Waals surface area (Å²) in [5.74, 6) is 0.920. The molecule has 0 aliphatic rings. The molecule has 0 saturated heterocycles. The first-order valence-corrected chi connectivity index (χ1v) is 4.74. The highest BCUT2D eigenvalue weighted by Gasteiger charge is 2.02. The zero-order chi connectivity index (χ0) is 9.84. The van der Waals surface area contributed by atoms with Crippen molar-refractivity contribution in [2.75, 3.05) is 7.11 Å². The summed E-state index contributed by atoms with van der Waals surface area (Å²) >= 11 is 3.35. The predicted molar refractivity (Wildman–Crippen MR) is 55.1 cm³/mol. The quantitative estimate of drug-likeness (QED) is 0.815. The van der Waals surface area contributed by atoms with Crippen LogP contribution in [0.5, 0.6) is 5.75 Å². The van der Waals surface area contributed by atoms with Crippen molar-refractivity contribution in [1.82, 2.24) is 0 Å². The van der Waals surface area contributed by atoms with E-state index in [9.17, 15) is 4.79 Å². The van der Waals surface area contributed by atoms with E-state index in [1.165, 1.54) is 0 Å². The second-order valence-electron chi connectivity index (χ2n) is 2.85. The molecular weight excluding hydrogens is 232 g/mol. The number of rotatable bonds is 3. The molecule has 0 spiro atoms. The van der Waals surface area contributed by atoms with Crippen molar-refractivity contribution in [2.24, 2.45) is 0 Å². The van der Waals surface area contributed by atoms with Crippen LogP contribution < -0.4 is 4.74 Å². The van der Waals surface area contributed by atoms with Crippen LogP contribution in [0.2, 0.25) is 0 Å². The first kappa shape index (κ1) is 10.3. The van der Waals surface area contributed by atoms with Gasteiger partial charge in [-0.25, -0.2) is 0 Å². The second-order valence-corrected chi connectivity index (χ2v) is 3.70. The fourth-order valence-corrected chi connectivity index (χ4v) is 1.51. The summed E-state index contributed by atoms with van der Waals surface area (Å²) in [7, 11) is 1.61. The molecule has 0 unspecified atom stereocenters. The van der Waals surface area contributed by atoms with Gasteiger partial charge in [0.25, 0.3) is 0 Å². The lowest BCUT2D eigenvalue weighted by Gasteiger charge is -2.04. The molecule has 0 fully saturated rings. The smallest absolute Gasteiger partial charge is 0.134 e. The number of halogens is 1. The van der Waals surface area contributed by atoms with Gasteiger partial charge in [0, 0.05) is 6.42 Å². The molecule has 70 valence electrons. The average molecular weight is 243 g/mol. The minimum atomic E-state index is 0.157. The van der Waals surface area contributed by atoms with E-state index in [4.69, 9.17) is 4.74 Å². The van der Waals surface area contributed by atoms with Crippen LogP contribution in [-0.2, 0) is 11.2 Å². The van der Waals surface area contributed by atoms with Crippen LogP contribution in [0.3, 0.4) is 0 Å². The number of carbonyl (C=O) groups is 1. The zero-order valence-electron chi connectivity index (χ0n) is 7.63. The normalized spacial score (nSPS) is 9.77. The number of methoxy groups -OCH3 is 1. The lowest BCUT2D eigenvalue weighted by Crippen LogP contribution is -1.96. The van der Waals surface area contributed by atoms with E-state index in [0.717, 1.165) is 15.8 Å². The van der Waals surface area contributed by atoms with E-state index in [-0.39, 0.29) is 5.78 Å². The van der Waals surface area contributed by atoms with E-state index in [0.29, 0.717) is 6.42 Å². The molecule has 13 heavy (non-hydrogen) atoms. The second kappa shape index (κ2) is 4.42. The summed E-state index contributed by atoms with van der Waals surface area (Å²) in [5, 5.41) is 0. The molecule has 0 aliphatic heterocycles. The summed E-state index contributed by atoms with van der Waals surface area (Å²) in [5.41, 5.74) is 0.979. The minimum Gasteiger partial charge on any atom is -0.496 e. The van der Waals surface area contributed by atoms with Crippen LogP contribution in [0.4, 0.5) is 0 Å². The lowest BCUT2D eigenvalue weighted by atomic mass is 10.1. The number of ketones is 1. The highest BCUT2D eigenvalue weighted by atomic mass is 79.9. The SMILES string of the molecule is COc1cc(CC(C)=O)ccc1Br. The monoisotopic (exact) mass is 242 g/mol. The maximum absolute atomic E-state index is 10.8. The Morgan fingerprint density at radius 1 is 1.54 bits per heavy atom. The zero-order valence-corrected chi connectivity index (χ0v) is 9.22. The standard InChI is InChI=1S/C10H11BrO2/c1-7(12)5-8-3-4-9(11)10(6-8)13-2/h3-4,6H,5H2,1-2H3. The van der Waals surface area contributed by atoms with E-state index in [1.54, 1.807) is 14.0 Å². The van der Waals surface area contributed by atoms with Crippen LogP contribution in [0.15, 0.2) is 22.7 Å². The van der Waals surface area contributed by atoms with Crippen molar-refractivity contribution in [3.63, 3.8) is 0 Å². The first-order valence-electron chi connectivity index (χ1n) is 3.95. The van der Waals surface area contributed by atoms with E-state index >= 15 is 0 Å². The molecule has 0 radical (unpaired) electrons. The third-order valence-electron chi connectivity index (χ3n) is 1.67. The maximum atomic E-state index is 10.8. The molecule has 0 heterocycles. The summed E-state index contributed by atoms with van der Waals surface area (Å²) in [6.07, 6.45) is 0.462. The Bertz CT molecular complexity index is 321. The van der Waals surface area contributed by atoms with Crippen molar-refractivity contribution in [3.8, 4) is 5.75 Å². The molecule has 3 heteroatoms. The summed E-state index contributed by atoms with van der Waals surface area (Å²) in [6, 6.07) is 5.66. The molecule has 2 nitrogen and oxygen atoms in total. The average Bonchev–Trinajstić information content (AvgIpc) is 2.07. The Morgan fingerprint density at radius 3 is 2.77 bits per heavy atom. The van der Waals surface area contributed by atoms with Gasteiger partial charge in [-0.1, -0.05) is 6.07 Å². The van der Waals surface area contributed by atoms with Gasteiger partial charge >= 0.3 is 0 Å². The first-order chi connectivity index (χ1) is 6.13. The largest absolute Gasteiger partial charge is 0.496 e. The number of ether oxygens (including phenoxy) is 1. The molecular formula is C10H11BrO2. The van der Waals surface area contributed by atoms with Gasteiger partial charge in [0.05, 0.1) is 11.6 Å². The number of benzene rings is 1. The van der Waals surface area contributed by atoms with Crippen LogP contribution in [0.1, 0.15) is 12.5 Å². The Hall–Kier alpha value is -0.830. The van der Waals surface area contributed by atoms with Crippen molar-refractivity contribution in [2.45, 2.75) is 13.3 Å². The van der Waals surface area contributed by atoms with Crippen molar-refractivity contribution in [3.05, 3.63) is 28.2 Å². The van der Waals surface area contributed by atoms with E-state index in [2.05, 4.69) is 15.9 Å². The Kier molecular flexibility index (Phi) is 3.48. The molecule has 0 bridgehead atoms. The third kappa shape index (κ3) is 2.84. The molecule has 0 amide bonds. The third-order valence-corrected chi connectivity index (χ3v) is 2.32. The Labute approximate surface area is 86.0 Å². The topological polar surface area (TPSA) is 26.3 Å². The van der Waals surface area contributed by atoms with Crippen LogP contribution >= 0.6 is 15.9 Å².